The Bertz CT molecular complexity index is 1030. The van der Waals surface area contributed by atoms with Crippen molar-refractivity contribution in [3.63, 3.8) is 0 Å². The van der Waals surface area contributed by atoms with Crippen LogP contribution < -0.4 is 10.8 Å². The van der Waals surface area contributed by atoms with E-state index < -0.39 is 17.5 Å². The normalized spacial score (nSPS) is 10.7. The lowest BCUT2D eigenvalue weighted by molar-refractivity contribution is 0.0148. The smallest absolute Gasteiger partial charge is 0.287 e. The van der Waals surface area contributed by atoms with Crippen molar-refractivity contribution in [3.8, 4) is 0 Å². The van der Waals surface area contributed by atoms with E-state index in [2.05, 4.69) is 22.4 Å². The number of ether oxygens (including phenoxy) is 1. The van der Waals surface area contributed by atoms with Crippen LogP contribution in [0, 0.1) is 15.2 Å². The van der Waals surface area contributed by atoms with Gasteiger partial charge in [-0.1, -0.05) is 6.58 Å². The van der Waals surface area contributed by atoms with Gasteiger partial charge in [0.05, 0.1) is 28.5 Å². The largest absolute Gasteiger partial charge is 0.499 e. The number of halogens is 3. The molecule has 0 spiro atoms. The second-order valence-electron chi connectivity index (χ2n) is 5.37. The van der Waals surface area contributed by atoms with Crippen LogP contribution in [0.15, 0.2) is 43.4 Å². The minimum atomic E-state index is -0.604. The molecule has 10 heteroatoms. The van der Waals surface area contributed by atoms with E-state index in [9.17, 15) is 13.6 Å². The van der Waals surface area contributed by atoms with Crippen LogP contribution in [-0.2, 0) is 9.57 Å². The molecule has 1 amide bonds. The number of hydroxylamine groups is 1. The number of nitrogens with one attached hydrogen (secondary N) is 2. The van der Waals surface area contributed by atoms with E-state index in [-0.39, 0.29) is 34.2 Å². The van der Waals surface area contributed by atoms with Crippen LogP contribution in [0.2, 0.25) is 0 Å². The molecular formula is C18H14F2IN3O3S. The fraction of sp³-hybridized carbons (Fsp3) is 0.111. The molecule has 1 aromatic carbocycles. The molecular weight excluding hydrogens is 503 g/mol. The standard InChI is InChI=1S/C18H14F2IN3O3S/c1-2-26-5-6-27-24-18(25)17-15(11-8-22-9-13(20)16(11)28-17)23-14-4-3-10(21)7-12(14)19/h2-4,7-9,23H,1,5-6H2,(H,24,25). The first-order valence-electron chi connectivity index (χ1n) is 7.94. The highest BCUT2D eigenvalue weighted by atomic mass is 127. The number of carbonyl (C=O) groups is 1. The number of aromatic nitrogens is 1. The predicted octanol–water partition coefficient (Wildman–Crippen LogP) is 4.74. The number of benzene rings is 1. The van der Waals surface area contributed by atoms with Gasteiger partial charge in [-0.25, -0.2) is 14.3 Å². The predicted molar refractivity (Wildman–Crippen MR) is 112 cm³/mol. The molecule has 2 aromatic heterocycles. The van der Waals surface area contributed by atoms with E-state index in [0.29, 0.717) is 5.39 Å². The van der Waals surface area contributed by atoms with Crippen molar-refractivity contribution in [1.29, 1.82) is 0 Å². The summed E-state index contributed by atoms with van der Waals surface area (Å²) in [6.45, 7) is 3.69. The van der Waals surface area contributed by atoms with Gasteiger partial charge < -0.3 is 10.1 Å². The van der Waals surface area contributed by atoms with Crippen molar-refractivity contribution in [2.45, 2.75) is 0 Å². The van der Waals surface area contributed by atoms with Gasteiger partial charge in [-0.05, 0) is 40.8 Å². The van der Waals surface area contributed by atoms with Crippen molar-refractivity contribution in [1.82, 2.24) is 10.5 Å². The van der Waals surface area contributed by atoms with Crippen LogP contribution in [0.25, 0.3) is 10.1 Å². The first-order valence-corrected chi connectivity index (χ1v) is 9.83. The highest BCUT2D eigenvalue weighted by molar-refractivity contribution is 14.1. The zero-order valence-corrected chi connectivity index (χ0v) is 17.3. The van der Waals surface area contributed by atoms with E-state index in [0.717, 1.165) is 21.1 Å². The summed E-state index contributed by atoms with van der Waals surface area (Å²) in [4.78, 5) is 21.5. The molecule has 6 nitrogen and oxygen atoms in total. The Morgan fingerprint density at radius 2 is 2.11 bits per heavy atom. The van der Waals surface area contributed by atoms with Crippen LogP contribution in [-0.4, -0.2) is 24.1 Å². The highest BCUT2D eigenvalue weighted by Crippen LogP contribution is 2.39. The molecule has 0 fully saturated rings. The topological polar surface area (TPSA) is 72.5 Å². The third kappa shape index (κ3) is 4.56. The number of nitrogens with zero attached hydrogens (tertiary/aromatic N) is 1. The second kappa shape index (κ2) is 9.26. The molecule has 0 saturated carbocycles. The molecule has 3 rings (SSSR count). The lowest BCUT2D eigenvalue weighted by Gasteiger charge is -2.10. The Kier molecular flexibility index (Phi) is 6.75. The zero-order chi connectivity index (χ0) is 20.1. The number of hydrogen-bond acceptors (Lipinski definition) is 6. The molecule has 0 bridgehead atoms. The van der Waals surface area contributed by atoms with E-state index in [1.165, 1.54) is 24.6 Å². The minimum Gasteiger partial charge on any atom is -0.499 e. The quantitative estimate of drug-likeness (QED) is 0.196. The van der Waals surface area contributed by atoms with Crippen LogP contribution >= 0.6 is 33.9 Å². The van der Waals surface area contributed by atoms with Gasteiger partial charge in [0.15, 0.2) is 5.82 Å². The molecule has 28 heavy (non-hydrogen) atoms. The van der Waals surface area contributed by atoms with Crippen LogP contribution in [0.5, 0.6) is 0 Å². The summed E-state index contributed by atoms with van der Waals surface area (Å²) >= 11 is 2.90. The second-order valence-corrected chi connectivity index (χ2v) is 7.64. The summed E-state index contributed by atoms with van der Waals surface area (Å²) in [5.41, 5.74) is 2.67. The maximum atomic E-state index is 14.3. The van der Waals surface area contributed by atoms with Crippen LogP contribution in [0.4, 0.5) is 20.2 Å². The zero-order valence-electron chi connectivity index (χ0n) is 14.3. The number of pyridine rings is 1. The number of fused-ring (bicyclic) bond motifs is 1. The first-order chi connectivity index (χ1) is 13.5. The number of anilines is 2. The summed E-state index contributed by atoms with van der Waals surface area (Å²) in [7, 11) is 0. The molecule has 0 aliphatic rings. The van der Waals surface area contributed by atoms with Crippen molar-refractivity contribution >= 4 is 61.3 Å². The Morgan fingerprint density at radius 1 is 1.29 bits per heavy atom. The first kappa shape index (κ1) is 20.4. The summed E-state index contributed by atoms with van der Waals surface area (Å²) in [6.07, 6.45) is 3.72. The van der Waals surface area contributed by atoms with Gasteiger partial charge in [0.25, 0.3) is 5.91 Å². The average Bonchev–Trinajstić information content (AvgIpc) is 3.04. The molecule has 0 unspecified atom stereocenters. The Morgan fingerprint density at radius 3 is 2.86 bits per heavy atom. The number of hydrogen-bond donors (Lipinski definition) is 2. The van der Waals surface area contributed by atoms with E-state index >= 15 is 0 Å². The van der Waals surface area contributed by atoms with Crippen molar-refractivity contribution < 1.29 is 23.1 Å². The van der Waals surface area contributed by atoms with Crippen molar-refractivity contribution in [2.75, 3.05) is 18.5 Å². The fourth-order valence-electron chi connectivity index (χ4n) is 2.33. The van der Waals surface area contributed by atoms with Crippen molar-refractivity contribution in [3.05, 3.63) is 63.5 Å². The highest BCUT2D eigenvalue weighted by Gasteiger charge is 2.22. The third-order valence-corrected chi connectivity index (χ3v) is 5.42. The molecule has 2 N–H and O–H groups in total. The van der Waals surface area contributed by atoms with Crippen LogP contribution in [0.1, 0.15) is 9.67 Å². The van der Waals surface area contributed by atoms with Gasteiger partial charge >= 0.3 is 0 Å². The van der Waals surface area contributed by atoms with E-state index in [4.69, 9.17) is 9.57 Å². The summed E-state index contributed by atoms with van der Waals surface area (Å²) in [5, 5.41) is 3.24. The summed E-state index contributed by atoms with van der Waals surface area (Å²) in [6, 6.07) is 4.60. The molecule has 0 aliphatic carbocycles. The molecule has 0 radical (unpaired) electrons. The molecule has 146 valence electrons. The fourth-order valence-corrected chi connectivity index (χ4v) is 3.80. The maximum Gasteiger partial charge on any atom is 0.287 e. The lowest BCUT2D eigenvalue weighted by Crippen LogP contribution is -2.25. The molecule has 0 aliphatic heterocycles. The monoisotopic (exact) mass is 517 g/mol. The van der Waals surface area contributed by atoms with Gasteiger partial charge in [-0.2, -0.15) is 0 Å². The molecule has 2 heterocycles. The van der Waals surface area contributed by atoms with E-state index in [1.54, 1.807) is 6.07 Å². The SMILES string of the molecule is C=COCCONC(=O)c1sc2c(F)cncc2c1Nc1ccc(I)cc1F. The van der Waals surface area contributed by atoms with Gasteiger partial charge in [-0.3, -0.25) is 14.6 Å². The average molecular weight is 517 g/mol. The lowest BCUT2D eigenvalue weighted by atomic mass is 10.2. The van der Waals surface area contributed by atoms with Gasteiger partial charge in [-0.15, -0.1) is 11.3 Å². The molecule has 0 atom stereocenters. The Hall–Kier alpha value is -2.31. The summed E-state index contributed by atoms with van der Waals surface area (Å²) in [5.74, 6) is -1.68. The van der Waals surface area contributed by atoms with Gasteiger partial charge in [0.1, 0.15) is 23.9 Å². The molecule has 3 aromatic rings. The van der Waals surface area contributed by atoms with Crippen molar-refractivity contribution in [2.24, 2.45) is 0 Å². The summed E-state index contributed by atoms with van der Waals surface area (Å²) < 4.78 is 34.3. The Balaban J connectivity index is 1.92. The van der Waals surface area contributed by atoms with Gasteiger partial charge in [0.2, 0.25) is 0 Å². The number of thiophene rings is 1. The molecule has 0 saturated heterocycles. The van der Waals surface area contributed by atoms with Crippen LogP contribution in [0.3, 0.4) is 0 Å². The number of amides is 1. The van der Waals surface area contributed by atoms with E-state index in [1.807, 2.05) is 22.6 Å². The Labute approximate surface area is 176 Å². The third-order valence-electron chi connectivity index (χ3n) is 3.54. The number of rotatable bonds is 8. The minimum absolute atomic E-state index is 0.0904. The number of carbonyl (C=O) groups excluding carboxylic acids is 1. The maximum absolute atomic E-state index is 14.3. The van der Waals surface area contributed by atoms with Gasteiger partial charge in [0, 0.05) is 15.2 Å².